The van der Waals surface area contributed by atoms with Crippen molar-refractivity contribution in [2.45, 2.75) is 40.0 Å². The van der Waals surface area contributed by atoms with Crippen molar-refractivity contribution in [2.24, 2.45) is 5.41 Å². The maximum absolute atomic E-state index is 12.3. The molecule has 0 fully saturated rings. The highest BCUT2D eigenvalue weighted by molar-refractivity contribution is 7.80. The summed E-state index contributed by atoms with van der Waals surface area (Å²) in [6.07, 6.45) is 0. The molecule has 1 aromatic rings. The Morgan fingerprint density at radius 1 is 1.08 bits per heavy atom. The van der Waals surface area contributed by atoms with Crippen LogP contribution in [0.25, 0.3) is 0 Å². The number of nitrogens with one attached hydrogen (secondary N) is 2. The maximum atomic E-state index is 12.3. The summed E-state index contributed by atoms with van der Waals surface area (Å²) in [7, 11) is 4.09. The molecule has 0 bridgehead atoms. The minimum Gasteiger partial charge on any atom is -0.362 e. The highest BCUT2D eigenvalue weighted by Gasteiger charge is 2.20. The number of rotatable bonds is 5. The predicted molar refractivity (Wildman–Crippen MR) is 106 cm³/mol. The van der Waals surface area contributed by atoms with E-state index in [1.165, 1.54) is 5.56 Å². The van der Waals surface area contributed by atoms with Gasteiger partial charge in [-0.3, -0.25) is 10.1 Å². The molecule has 0 aliphatic rings. The molecule has 1 amide bonds. The molecule has 1 rings (SSSR count). The molecular weight excluding hydrogens is 318 g/mol. The van der Waals surface area contributed by atoms with Crippen LogP contribution in [0.15, 0.2) is 24.3 Å². The van der Waals surface area contributed by atoms with E-state index in [-0.39, 0.29) is 16.7 Å². The third-order valence-electron chi connectivity index (χ3n) is 3.71. The lowest BCUT2D eigenvalue weighted by Gasteiger charge is -2.28. The first kappa shape index (κ1) is 20.6. The van der Waals surface area contributed by atoms with Crippen molar-refractivity contribution < 1.29 is 4.79 Å². The van der Waals surface area contributed by atoms with Gasteiger partial charge in [0.15, 0.2) is 5.11 Å². The van der Waals surface area contributed by atoms with E-state index in [1.54, 1.807) is 0 Å². The summed E-state index contributed by atoms with van der Waals surface area (Å²) in [6, 6.07) is 7.67. The van der Waals surface area contributed by atoms with Crippen LogP contribution in [0.4, 0.5) is 0 Å². The van der Waals surface area contributed by atoms with E-state index in [9.17, 15) is 4.79 Å². The van der Waals surface area contributed by atoms with Gasteiger partial charge in [0.2, 0.25) is 0 Å². The van der Waals surface area contributed by atoms with Crippen molar-refractivity contribution >= 4 is 23.2 Å². The zero-order valence-electron chi connectivity index (χ0n) is 16.0. The molecule has 4 nitrogen and oxygen atoms in total. The van der Waals surface area contributed by atoms with Crippen molar-refractivity contribution in [1.29, 1.82) is 0 Å². The van der Waals surface area contributed by atoms with E-state index >= 15 is 0 Å². The van der Waals surface area contributed by atoms with E-state index < -0.39 is 0 Å². The largest absolute Gasteiger partial charge is 0.362 e. The first-order valence-corrected chi connectivity index (χ1v) is 8.66. The Kier molecular flexibility index (Phi) is 6.93. The average Bonchev–Trinajstić information content (AvgIpc) is 2.43. The van der Waals surface area contributed by atoms with Crippen LogP contribution in [-0.2, 0) is 5.41 Å². The number of carbonyl (C=O) groups is 1. The van der Waals surface area contributed by atoms with Gasteiger partial charge in [0, 0.05) is 18.7 Å². The van der Waals surface area contributed by atoms with E-state index in [2.05, 4.69) is 50.2 Å². The van der Waals surface area contributed by atoms with Gasteiger partial charge in [0.1, 0.15) is 0 Å². The maximum Gasteiger partial charge on any atom is 0.257 e. The van der Waals surface area contributed by atoms with Gasteiger partial charge in [-0.05, 0) is 54.8 Å². The number of amides is 1. The number of nitrogens with zero attached hydrogens (tertiary/aromatic N) is 1. The summed E-state index contributed by atoms with van der Waals surface area (Å²) in [5.41, 5.74) is 1.95. The lowest BCUT2D eigenvalue weighted by atomic mass is 9.87. The van der Waals surface area contributed by atoms with Gasteiger partial charge < -0.3 is 10.2 Å². The van der Waals surface area contributed by atoms with Crippen LogP contribution in [-0.4, -0.2) is 43.1 Å². The minimum absolute atomic E-state index is 0.0621. The summed E-state index contributed by atoms with van der Waals surface area (Å²) in [5.74, 6) is -0.182. The van der Waals surface area contributed by atoms with Gasteiger partial charge in [-0.15, -0.1) is 0 Å². The molecule has 0 heterocycles. The fourth-order valence-electron chi connectivity index (χ4n) is 2.57. The molecule has 0 saturated carbocycles. The Morgan fingerprint density at radius 2 is 1.62 bits per heavy atom. The van der Waals surface area contributed by atoms with Crippen molar-refractivity contribution in [3.63, 3.8) is 0 Å². The first-order chi connectivity index (χ1) is 10.9. The van der Waals surface area contributed by atoms with Gasteiger partial charge >= 0.3 is 0 Å². The van der Waals surface area contributed by atoms with Gasteiger partial charge in [-0.1, -0.05) is 46.8 Å². The van der Waals surface area contributed by atoms with E-state index in [0.29, 0.717) is 17.2 Å². The zero-order chi connectivity index (χ0) is 18.5. The van der Waals surface area contributed by atoms with Gasteiger partial charge in [0.25, 0.3) is 5.91 Å². The zero-order valence-corrected chi connectivity index (χ0v) is 16.8. The van der Waals surface area contributed by atoms with E-state index in [0.717, 1.165) is 6.54 Å². The number of hydrogen-bond acceptors (Lipinski definition) is 3. The topological polar surface area (TPSA) is 44.4 Å². The monoisotopic (exact) mass is 349 g/mol. The molecule has 0 saturated heterocycles. The molecule has 1 aromatic carbocycles. The second-order valence-corrected chi connectivity index (χ2v) is 8.77. The fourth-order valence-corrected chi connectivity index (χ4v) is 2.74. The van der Waals surface area contributed by atoms with Gasteiger partial charge in [-0.25, -0.2) is 0 Å². The molecule has 0 aliphatic carbocycles. The summed E-state index contributed by atoms with van der Waals surface area (Å²) in [5, 5.41) is 6.25. The summed E-state index contributed by atoms with van der Waals surface area (Å²) in [6.45, 7) is 12.4. The predicted octanol–water partition coefficient (Wildman–Crippen LogP) is 3.18. The molecule has 5 heteroatoms. The first-order valence-electron chi connectivity index (χ1n) is 8.25. The summed E-state index contributed by atoms with van der Waals surface area (Å²) < 4.78 is 0. The SMILES string of the molecule is CN(C)CC(C)(C)CNC(=S)NC(=O)c1ccc(C(C)(C)C)cc1. The number of benzene rings is 1. The molecular formula is C19H31N3OS. The van der Waals surface area contributed by atoms with Crippen LogP contribution in [0.1, 0.15) is 50.5 Å². The minimum atomic E-state index is -0.182. The van der Waals surface area contributed by atoms with Crippen molar-refractivity contribution in [3.05, 3.63) is 35.4 Å². The summed E-state index contributed by atoms with van der Waals surface area (Å²) >= 11 is 5.24. The van der Waals surface area contributed by atoms with Crippen LogP contribution >= 0.6 is 12.2 Å². The lowest BCUT2D eigenvalue weighted by molar-refractivity contribution is 0.0976. The van der Waals surface area contributed by atoms with Crippen LogP contribution in [0.2, 0.25) is 0 Å². The van der Waals surface area contributed by atoms with E-state index in [1.807, 2.05) is 38.4 Å². The molecule has 0 aromatic heterocycles. The van der Waals surface area contributed by atoms with Crippen LogP contribution in [0, 0.1) is 5.41 Å². The van der Waals surface area contributed by atoms with Crippen LogP contribution in [0.5, 0.6) is 0 Å². The quantitative estimate of drug-likeness (QED) is 0.802. The number of hydrogen-bond donors (Lipinski definition) is 2. The molecule has 134 valence electrons. The van der Waals surface area contributed by atoms with Gasteiger partial charge in [0.05, 0.1) is 0 Å². The van der Waals surface area contributed by atoms with Gasteiger partial charge in [-0.2, -0.15) is 0 Å². The highest BCUT2D eigenvalue weighted by Crippen LogP contribution is 2.22. The smallest absolute Gasteiger partial charge is 0.257 e. The Labute approximate surface area is 152 Å². The second kappa shape index (κ2) is 8.08. The Hall–Kier alpha value is -1.46. The summed E-state index contributed by atoms with van der Waals surface area (Å²) in [4.78, 5) is 14.4. The van der Waals surface area contributed by atoms with Crippen molar-refractivity contribution in [3.8, 4) is 0 Å². The molecule has 0 radical (unpaired) electrons. The molecule has 0 unspecified atom stereocenters. The Balaban J connectivity index is 2.57. The van der Waals surface area contributed by atoms with E-state index in [4.69, 9.17) is 12.2 Å². The Bertz CT molecular complexity index is 571. The normalized spacial score (nSPS) is 12.2. The highest BCUT2D eigenvalue weighted by atomic mass is 32.1. The van der Waals surface area contributed by atoms with Crippen LogP contribution in [0.3, 0.4) is 0 Å². The molecule has 24 heavy (non-hydrogen) atoms. The van der Waals surface area contributed by atoms with Crippen molar-refractivity contribution in [1.82, 2.24) is 15.5 Å². The third-order valence-corrected chi connectivity index (χ3v) is 3.96. The third kappa shape index (κ3) is 6.97. The molecule has 2 N–H and O–H groups in total. The molecule has 0 spiro atoms. The number of carbonyl (C=O) groups excluding carboxylic acids is 1. The van der Waals surface area contributed by atoms with Crippen LogP contribution < -0.4 is 10.6 Å². The standard InChI is InChI=1S/C19H31N3OS/c1-18(2,3)15-10-8-14(9-11-15)16(23)21-17(24)20-12-19(4,5)13-22(6)7/h8-11H,12-13H2,1-7H3,(H2,20,21,23,24). The average molecular weight is 350 g/mol. The van der Waals surface area contributed by atoms with Crippen molar-refractivity contribution in [2.75, 3.05) is 27.2 Å². The molecule has 0 aliphatic heterocycles. The fraction of sp³-hybridized carbons (Fsp3) is 0.579. The Morgan fingerprint density at radius 3 is 2.08 bits per heavy atom. The number of thiocarbonyl (C=S) groups is 1. The second-order valence-electron chi connectivity index (χ2n) is 8.37. The lowest BCUT2D eigenvalue weighted by Crippen LogP contribution is -2.45. The molecule has 0 atom stereocenters.